The number of Topliss-reactive ketones (excluding diaryl/α,β-unsaturated/α-hetero) is 1. The molecule has 5 heteroatoms. The Hall–Kier alpha value is -1.33. The maximum Gasteiger partial charge on any atom is 0.176 e. The molecular weight excluding hydrogens is 324 g/mol. The van der Waals surface area contributed by atoms with Gasteiger partial charge in [-0.1, -0.05) is 22.0 Å². The molecular formula is C14H13BrN2OS. The molecule has 0 spiro atoms. The number of carbonyl (C=O) groups is 1. The zero-order valence-corrected chi connectivity index (χ0v) is 12.8. The highest BCUT2D eigenvalue weighted by Crippen LogP contribution is 2.23. The number of thioether (sulfide) groups is 1. The van der Waals surface area contributed by atoms with Crippen LogP contribution in [-0.2, 0) is 0 Å². The van der Waals surface area contributed by atoms with Gasteiger partial charge in [0, 0.05) is 15.6 Å². The number of rotatable bonds is 4. The van der Waals surface area contributed by atoms with Gasteiger partial charge in [0.25, 0.3) is 0 Å². The normalized spacial score (nSPS) is 10.4. The smallest absolute Gasteiger partial charge is 0.176 e. The first-order valence-electron chi connectivity index (χ1n) is 5.70. The van der Waals surface area contributed by atoms with E-state index in [2.05, 4.69) is 20.9 Å². The molecule has 3 nitrogen and oxygen atoms in total. The van der Waals surface area contributed by atoms with E-state index in [1.165, 1.54) is 11.8 Å². The molecule has 0 amide bonds. The minimum absolute atomic E-state index is 0.00123. The quantitative estimate of drug-likeness (QED) is 0.683. The van der Waals surface area contributed by atoms with Crippen LogP contribution in [0.1, 0.15) is 15.9 Å². The third kappa shape index (κ3) is 3.81. The molecule has 0 aliphatic carbocycles. The van der Waals surface area contributed by atoms with Crippen LogP contribution in [0.15, 0.2) is 45.9 Å². The minimum Gasteiger partial charge on any atom is -0.383 e. The van der Waals surface area contributed by atoms with Gasteiger partial charge in [0.2, 0.25) is 0 Å². The Kier molecular flexibility index (Phi) is 4.61. The summed E-state index contributed by atoms with van der Waals surface area (Å²) in [6.45, 7) is 1.89. The number of nitrogens with zero attached hydrogens (tertiary/aromatic N) is 1. The van der Waals surface area contributed by atoms with Gasteiger partial charge in [-0.3, -0.25) is 4.79 Å². The van der Waals surface area contributed by atoms with E-state index in [9.17, 15) is 4.79 Å². The van der Waals surface area contributed by atoms with E-state index in [1.807, 2.05) is 31.2 Å². The second kappa shape index (κ2) is 6.21. The highest BCUT2D eigenvalue weighted by Gasteiger charge is 2.11. The Morgan fingerprint density at radius 1 is 1.42 bits per heavy atom. The summed E-state index contributed by atoms with van der Waals surface area (Å²) >= 11 is 4.90. The number of pyridine rings is 1. The number of nitrogen functional groups attached to an aromatic ring is 1. The number of aryl methyl sites for hydroxylation is 1. The predicted molar refractivity (Wildman–Crippen MR) is 82.6 cm³/mol. The Morgan fingerprint density at radius 2 is 2.21 bits per heavy atom. The minimum atomic E-state index is -0.00123. The van der Waals surface area contributed by atoms with Gasteiger partial charge in [0.1, 0.15) is 5.82 Å². The van der Waals surface area contributed by atoms with E-state index < -0.39 is 0 Å². The summed E-state index contributed by atoms with van der Waals surface area (Å²) in [5.74, 6) is 0.648. The van der Waals surface area contributed by atoms with Crippen LogP contribution in [-0.4, -0.2) is 16.5 Å². The van der Waals surface area contributed by atoms with E-state index in [1.54, 1.807) is 12.3 Å². The van der Waals surface area contributed by atoms with Crippen molar-refractivity contribution in [2.45, 2.75) is 11.8 Å². The van der Waals surface area contributed by atoms with Gasteiger partial charge in [-0.2, -0.15) is 0 Å². The van der Waals surface area contributed by atoms with Crippen molar-refractivity contribution in [2.75, 3.05) is 11.5 Å². The van der Waals surface area contributed by atoms with E-state index >= 15 is 0 Å². The number of aromatic nitrogens is 1. The molecule has 1 aromatic heterocycles. The first-order chi connectivity index (χ1) is 9.06. The second-order valence-electron chi connectivity index (χ2n) is 4.11. The summed E-state index contributed by atoms with van der Waals surface area (Å²) in [7, 11) is 0. The molecule has 2 N–H and O–H groups in total. The standard InChI is InChI=1S/C14H13BrN2OS/c1-9-5-12(14(16)17-7-9)13(18)8-19-11-4-2-3-10(15)6-11/h2-7H,8H2,1H3,(H2,16,17). The van der Waals surface area contributed by atoms with Gasteiger partial charge < -0.3 is 5.73 Å². The molecule has 0 bridgehead atoms. The second-order valence-corrected chi connectivity index (χ2v) is 6.08. The zero-order chi connectivity index (χ0) is 13.8. The third-order valence-corrected chi connectivity index (χ3v) is 4.01. The van der Waals surface area contributed by atoms with Crippen molar-refractivity contribution in [3.8, 4) is 0 Å². The highest BCUT2D eigenvalue weighted by atomic mass is 79.9. The number of halogens is 1. The molecule has 1 heterocycles. The summed E-state index contributed by atoms with van der Waals surface area (Å²) in [4.78, 5) is 17.2. The Balaban J connectivity index is 2.07. The van der Waals surface area contributed by atoms with Crippen LogP contribution in [0.3, 0.4) is 0 Å². The largest absolute Gasteiger partial charge is 0.383 e. The molecule has 0 saturated heterocycles. The fourth-order valence-electron chi connectivity index (χ4n) is 1.59. The van der Waals surface area contributed by atoms with Crippen molar-refractivity contribution in [3.05, 3.63) is 52.1 Å². The van der Waals surface area contributed by atoms with Crippen molar-refractivity contribution in [3.63, 3.8) is 0 Å². The van der Waals surface area contributed by atoms with E-state index in [0.29, 0.717) is 17.1 Å². The lowest BCUT2D eigenvalue weighted by Crippen LogP contribution is -2.08. The van der Waals surface area contributed by atoms with Crippen molar-refractivity contribution >= 4 is 39.3 Å². The Morgan fingerprint density at radius 3 is 2.95 bits per heavy atom. The molecule has 0 aliphatic rings. The van der Waals surface area contributed by atoms with Gasteiger partial charge in [0.05, 0.1) is 11.3 Å². The monoisotopic (exact) mass is 336 g/mol. The topological polar surface area (TPSA) is 56.0 Å². The number of ketones is 1. The van der Waals surface area contributed by atoms with Crippen molar-refractivity contribution in [1.82, 2.24) is 4.98 Å². The van der Waals surface area contributed by atoms with Crippen molar-refractivity contribution in [1.29, 1.82) is 0 Å². The van der Waals surface area contributed by atoms with Crippen LogP contribution in [0.5, 0.6) is 0 Å². The molecule has 1 aromatic carbocycles. The van der Waals surface area contributed by atoms with Crippen LogP contribution >= 0.6 is 27.7 Å². The average Bonchev–Trinajstić information content (AvgIpc) is 2.39. The number of hydrogen-bond donors (Lipinski definition) is 1. The molecule has 0 unspecified atom stereocenters. The zero-order valence-electron chi connectivity index (χ0n) is 10.4. The molecule has 19 heavy (non-hydrogen) atoms. The van der Waals surface area contributed by atoms with Crippen LogP contribution in [0.2, 0.25) is 0 Å². The van der Waals surface area contributed by atoms with Crippen molar-refractivity contribution in [2.24, 2.45) is 0 Å². The molecule has 0 atom stereocenters. The predicted octanol–water partition coefficient (Wildman–Crippen LogP) is 3.71. The van der Waals surface area contributed by atoms with Gasteiger partial charge >= 0.3 is 0 Å². The fraction of sp³-hybridized carbons (Fsp3) is 0.143. The fourth-order valence-corrected chi connectivity index (χ4v) is 2.98. The molecule has 2 rings (SSSR count). The summed E-state index contributed by atoms with van der Waals surface area (Å²) in [6, 6.07) is 9.64. The highest BCUT2D eigenvalue weighted by molar-refractivity contribution is 9.10. The summed E-state index contributed by atoms with van der Waals surface area (Å²) < 4.78 is 1.00. The van der Waals surface area contributed by atoms with Gasteiger partial charge in [0.15, 0.2) is 5.78 Å². The first kappa shape index (κ1) is 14.1. The molecule has 0 saturated carbocycles. The molecule has 2 aromatic rings. The van der Waals surface area contributed by atoms with Crippen LogP contribution in [0.4, 0.5) is 5.82 Å². The maximum atomic E-state index is 12.1. The average molecular weight is 337 g/mol. The van der Waals surface area contributed by atoms with Gasteiger partial charge in [-0.05, 0) is 36.8 Å². The van der Waals surface area contributed by atoms with Crippen LogP contribution < -0.4 is 5.73 Å². The first-order valence-corrected chi connectivity index (χ1v) is 7.48. The third-order valence-electron chi connectivity index (χ3n) is 2.52. The van der Waals surface area contributed by atoms with E-state index in [4.69, 9.17) is 5.73 Å². The lowest BCUT2D eigenvalue weighted by molar-refractivity contribution is 0.102. The van der Waals surface area contributed by atoms with Gasteiger partial charge in [-0.25, -0.2) is 4.98 Å². The number of nitrogens with two attached hydrogens (primary N) is 1. The lowest BCUT2D eigenvalue weighted by atomic mass is 10.1. The van der Waals surface area contributed by atoms with E-state index in [0.717, 1.165) is 14.9 Å². The van der Waals surface area contributed by atoms with Gasteiger partial charge in [-0.15, -0.1) is 11.8 Å². The Labute approximate surface area is 124 Å². The van der Waals surface area contributed by atoms with Crippen LogP contribution in [0.25, 0.3) is 0 Å². The summed E-state index contributed by atoms with van der Waals surface area (Å²) in [6.07, 6.45) is 1.66. The number of carbonyl (C=O) groups excluding carboxylic acids is 1. The molecule has 98 valence electrons. The summed E-state index contributed by atoms with van der Waals surface area (Å²) in [5, 5.41) is 0. The SMILES string of the molecule is Cc1cnc(N)c(C(=O)CSc2cccc(Br)c2)c1. The molecule has 0 radical (unpaired) electrons. The lowest BCUT2D eigenvalue weighted by Gasteiger charge is -2.05. The maximum absolute atomic E-state index is 12.1. The number of hydrogen-bond acceptors (Lipinski definition) is 4. The van der Waals surface area contributed by atoms with E-state index in [-0.39, 0.29) is 5.78 Å². The number of benzene rings is 1. The number of anilines is 1. The van der Waals surface area contributed by atoms with Crippen LogP contribution in [0, 0.1) is 6.92 Å². The Bertz CT molecular complexity index is 616. The summed E-state index contributed by atoms with van der Waals surface area (Å²) in [5.41, 5.74) is 7.17. The molecule has 0 aliphatic heterocycles. The molecule has 0 fully saturated rings. The van der Waals surface area contributed by atoms with Crippen molar-refractivity contribution < 1.29 is 4.79 Å².